The van der Waals surface area contributed by atoms with Crippen LogP contribution in [0, 0.1) is 5.92 Å². The standard InChI is InChI=1S/C13H17NO/c1-11-7-8-14(10-13(11)15)9-12-5-3-2-4-6-12/h2-6,11H,7-10H2,1H3/t11-/m0/s1. The van der Waals surface area contributed by atoms with E-state index in [1.54, 1.807) is 0 Å². The topological polar surface area (TPSA) is 20.3 Å². The minimum Gasteiger partial charge on any atom is -0.298 e. The van der Waals surface area contributed by atoms with Crippen molar-refractivity contribution in [2.24, 2.45) is 5.92 Å². The van der Waals surface area contributed by atoms with Crippen LogP contribution in [0.2, 0.25) is 0 Å². The Morgan fingerprint density at radius 2 is 2.07 bits per heavy atom. The molecule has 1 saturated heterocycles. The highest BCUT2D eigenvalue weighted by Crippen LogP contribution is 2.15. The highest BCUT2D eigenvalue weighted by molar-refractivity contribution is 5.83. The first kappa shape index (κ1) is 10.4. The summed E-state index contributed by atoms with van der Waals surface area (Å²) in [5.41, 5.74) is 1.29. The molecule has 1 atom stereocenters. The second-order valence-corrected chi connectivity index (χ2v) is 4.35. The Kier molecular flexibility index (Phi) is 3.17. The molecule has 2 heteroatoms. The summed E-state index contributed by atoms with van der Waals surface area (Å²) in [7, 11) is 0. The second-order valence-electron chi connectivity index (χ2n) is 4.35. The van der Waals surface area contributed by atoms with E-state index in [-0.39, 0.29) is 5.92 Å². The average Bonchev–Trinajstić information content (AvgIpc) is 2.25. The van der Waals surface area contributed by atoms with Gasteiger partial charge >= 0.3 is 0 Å². The molecule has 2 nitrogen and oxygen atoms in total. The fourth-order valence-corrected chi connectivity index (χ4v) is 1.97. The Bertz CT molecular complexity index is 334. The number of rotatable bonds is 2. The Morgan fingerprint density at radius 3 is 2.73 bits per heavy atom. The number of Topliss-reactive ketones (excluding diaryl/α,β-unsaturated/α-hetero) is 1. The molecule has 0 N–H and O–H groups in total. The number of benzene rings is 1. The van der Waals surface area contributed by atoms with Crippen molar-refractivity contribution >= 4 is 5.78 Å². The smallest absolute Gasteiger partial charge is 0.149 e. The molecule has 80 valence electrons. The average molecular weight is 203 g/mol. The molecule has 2 rings (SSSR count). The van der Waals surface area contributed by atoms with E-state index in [1.165, 1.54) is 5.56 Å². The fourth-order valence-electron chi connectivity index (χ4n) is 1.97. The number of hydrogen-bond donors (Lipinski definition) is 0. The summed E-state index contributed by atoms with van der Waals surface area (Å²) in [4.78, 5) is 13.8. The van der Waals surface area contributed by atoms with Crippen LogP contribution < -0.4 is 0 Å². The first-order valence-corrected chi connectivity index (χ1v) is 5.54. The van der Waals surface area contributed by atoms with Gasteiger partial charge in [0, 0.05) is 12.5 Å². The highest BCUT2D eigenvalue weighted by Gasteiger charge is 2.22. The summed E-state index contributed by atoms with van der Waals surface area (Å²) in [6.07, 6.45) is 1.01. The minimum absolute atomic E-state index is 0.261. The predicted octanol–water partition coefficient (Wildman–Crippen LogP) is 2.10. The summed E-state index contributed by atoms with van der Waals surface area (Å²) >= 11 is 0. The third-order valence-electron chi connectivity index (χ3n) is 3.06. The molecule has 0 saturated carbocycles. The van der Waals surface area contributed by atoms with Crippen molar-refractivity contribution in [2.75, 3.05) is 13.1 Å². The quantitative estimate of drug-likeness (QED) is 0.733. The zero-order valence-corrected chi connectivity index (χ0v) is 9.15. The number of hydrogen-bond acceptors (Lipinski definition) is 2. The van der Waals surface area contributed by atoms with Gasteiger partial charge in [-0.05, 0) is 18.5 Å². The van der Waals surface area contributed by atoms with Crippen molar-refractivity contribution < 1.29 is 4.79 Å². The maximum Gasteiger partial charge on any atom is 0.149 e. The molecule has 0 spiro atoms. The van der Waals surface area contributed by atoms with Crippen molar-refractivity contribution in [3.63, 3.8) is 0 Å². The van der Waals surface area contributed by atoms with Gasteiger partial charge in [0.15, 0.2) is 0 Å². The van der Waals surface area contributed by atoms with Gasteiger partial charge < -0.3 is 0 Å². The SMILES string of the molecule is C[C@H]1CCN(Cc2ccccc2)CC1=O. The van der Waals surface area contributed by atoms with Gasteiger partial charge in [-0.3, -0.25) is 9.69 Å². The van der Waals surface area contributed by atoms with Gasteiger partial charge in [-0.2, -0.15) is 0 Å². The number of carbonyl (C=O) groups is 1. The van der Waals surface area contributed by atoms with E-state index in [9.17, 15) is 4.79 Å². The van der Waals surface area contributed by atoms with Gasteiger partial charge in [0.05, 0.1) is 6.54 Å². The first-order valence-electron chi connectivity index (χ1n) is 5.54. The number of nitrogens with zero attached hydrogens (tertiary/aromatic N) is 1. The summed E-state index contributed by atoms with van der Waals surface area (Å²) < 4.78 is 0. The molecule has 0 bridgehead atoms. The minimum atomic E-state index is 0.261. The third-order valence-corrected chi connectivity index (χ3v) is 3.06. The van der Waals surface area contributed by atoms with Crippen LogP contribution in [0.5, 0.6) is 0 Å². The van der Waals surface area contributed by atoms with Crippen LogP contribution in [-0.4, -0.2) is 23.8 Å². The van der Waals surface area contributed by atoms with E-state index in [1.807, 2.05) is 25.1 Å². The number of ketones is 1. The van der Waals surface area contributed by atoms with Gasteiger partial charge in [0.2, 0.25) is 0 Å². The molecule has 1 fully saturated rings. The molecule has 0 radical (unpaired) electrons. The van der Waals surface area contributed by atoms with Gasteiger partial charge in [-0.25, -0.2) is 0 Å². The van der Waals surface area contributed by atoms with Gasteiger partial charge in [0.25, 0.3) is 0 Å². The lowest BCUT2D eigenvalue weighted by molar-refractivity contribution is -0.126. The molecular formula is C13H17NO. The van der Waals surface area contributed by atoms with Crippen LogP contribution in [0.1, 0.15) is 18.9 Å². The molecule has 1 aromatic carbocycles. The van der Waals surface area contributed by atoms with Gasteiger partial charge in [-0.1, -0.05) is 37.3 Å². The molecule has 1 aliphatic heterocycles. The van der Waals surface area contributed by atoms with Crippen molar-refractivity contribution in [3.05, 3.63) is 35.9 Å². The van der Waals surface area contributed by atoms with E-state index in [0.29, 0.717) is 12.3 Å². The molecule has 1 aromatic rings. The first-order chi connectivity index (χ1) is 7.25. The largest absolute Gasteiger partial charge is 0.298 e. The van der Waals surface area contributed by atoms with Crippen molar-refractivity contribution in [3.8, 4) is 0 Å². The predicted molar refractivity (Wildman–Crippen MR) is 60.5 cm³/mol. The molecule has 0 aliphatic carbocycles. The number of likely N-dealkylation sites (tertiary alicyclic amines) is 1. The Balaban J connectivity index is 1.94. The normalized spacial score (nSPS) is 23.0. The van der Waals surface area contributed by atoms with Crippen LogP contribution in [0.3, 0.4) is 0 Å². The lowest BCUT2D eigenvalue weighted by Gasteiger charge is -2.29. The number of carbonyl (C=O) groups excluding carboxylic acids is 1. The Labute approximate surface area is 90.9 Å². The van der Waals surface area contributed by atoms with Crippen molar-refractivity contribution in [1.29, 1.82) is 0 Å². The number of piperidine rings is 1. The van der Waals surface area contributed by atoms with Crippen LogP contribution in [0.4, 0.5) is 0 Å². The maximum absolute atomic E-state index is 11.6. The van der Waals surface area contributed by atoms with Crippen LogP contribution in [0.15, 0.2) is 30.3 Å². The van der Waals surface area contributed by atoms with Gasteiger partial charge in [0.1, 0.15) is 5.78 Å². The third kappa shape index (κ3) is 2.66. The molecule has 15 heavy (non-hydrogen) atoms. The molecular weight excluding hydrogens is 186 g/mol. The zero-order chi connectivity index (χ0) is 10.7. The van der Waals surface area contributed by atoms with Crippen molar-refractivity contribution in [2.45, 2.75) is 19.9 Å². The second kappa shape index (κ2) is 4.58. The molecule has 0 amide bonds. The van der Waals surface area contributed by atoms with Gasteiger partial charge in [-0.15, -0.1) is 0 Å². The molecule has 1 aliphatic rings. The van der Waals surface area contributed by atoms with E-state index in [2.05, 4.69) is 17.0 Å². The lowest BCUT2D eigenvalue weighted by Crippen LogP contribution is -2.39. The molecule has 0 unspecified atom stereocenters. The fraction of sp³-hybridized carbons (Fsp3) is 0.462. The van der Waals surface area contributed by atoms with Crippen LogP contribution >= 0.6 is 0 Å². The highest BCUT2D eigenvalue weighted by atomic mass is 16.1. The van der Waals surface area contributed by atoms with E-state index < -0.39 is 0 Å². The maximum atomic E-state index is 11.6. The van der Waals surface area contributed by atoms with E-state index in [4.69, 9.17) is 0 Å². The summed E-state index contributed by atoms with van der Waals surface area (Å²) in [5.74, 6) is 0.647. The summed E-state index contributed by atoms with van der Waals surface area (Å²) in [5, 5.41) is 0. The van der Waals surface area contributed by atoms with Crippen LogP contribution in [0.25, 0.3) is 0 Å². The lowest BCUT2D eigenvalue weighted by atomic mass is 9.97. The monoisotopic (exact) mass is 203 g/mol. The molecule has 0 aromatic heterocycles. The van der Waals surface area contributed by atoms with E-state index in [0.717, 1.165) is 19.5 Å². The molecule has 1 heterocycles. The van der Waals surface area contributed by atoms with Crippen LogP contribution in [-0.2, 0) is 11.3 Å². The summed E-state index contributed by atoms with van der Waals surface area (Å²) in [6, 6.07) is 10.3. The van der Waals surface area contributed by atoms with Crippen molar-refractivity contribution in [1.82, 2.24) is 4.90 Å². The van der Waals surface area contributed by atoms with E-state index >= 15 is 0 Å². The Morgan fingerprint density at radius 1 is 1.33 bits per heavy atom. The Hall–Kier alpha value is -1.15. The zero-order valence-electron chi connectivity index (χ0n) is 9.15. The summed E-state index contributed by atoms with van der Waals surface area (Å²) in [6.45, 7) is 4.60.